The Morgan fingerprint density at radius 1 is 1.24 bits per heavy atom. The molecule has 2 amide bonds. The smallest absolute Gasteiger partial charge is 0.335 e. The molecule has 0 unspecified atom stereocenters. The second-order valence-electron chi connectivity index (χ2n) is 3.70. The van der Waals surface area contributed by atoms with Crippen molar-refractivity contribution in [1.29, 1.82) is 0 Å². The monoisotopic (exact) mass is 234 g/mol. The van der Waals surface area contributed by atoms with Crippen LogP contribution in [0.3, 0.4) is 0 Å². The Morgan fingerprint density at radius 2 is 1.82 bits per heavy atom. The molecular formula is C11H10N2O4. The van der Waals surface area contributed by atoms with E-state index in [4.69, 9.17) is 10.8 Å². The normalized spacial score (nSPS) is 15.4. The van der Waals surface area contributed by atoms with Gasteiger partial charge in [-0.25, -0.2) is 9.69 Å². The second kappa shape index (κ2) is 3.89. The van der Waals surface area contributed by atoms with Gasteiger partial charge in [0.2, 0.25) is 11.8 Å². The van der Waals surface area contributed by atoms with Crippen LogP contribution in [0, 0.1) is 0 Å². The number of nitrogens with two attached hydrogens (primary N) is 1. The van der Waals surface area contributed by atoms with Crippen molar-refractivity contribution in [2.24, 2.45) is 0 Å². The van der Waals surface area contributed by atoms with E-state index in [0.29, 0.717) is 0 Å². The summed E-state index contributed by atoms with van der Waals surface area (Å²) in [7, 11) is 0. The number of nitrogens with zero attached hydrogens (tertiary/aromatic N) is 1. The summed E-state index contributed by atoms with van der Waals surface area (Å²) in [4.78, 5) is 34.7. The number of hydrogen-bond acceptors (Lipinski definition) is 4. The highest BCUT2D eigenvalue weighted by atomic mass is 16.4. The predicted molar refractivity (Wildman–Crippen MR) is 59.5 cm³/mol. The molecule has 6 nitrogen and oxygen atoms in total. The lowest BCUT2D eigenvalue weighted by atomic mass is 10.1. The predicted octanol–water partition coefficient (Wildman–Crippen LogP) is 0.620. The highest BCUT2D eigenvalue weighted by molar-refractivity contribution is 6.21. The van der Waals surface area contributed by atoms with E-state index in [-0.39, 0.29) is 41.6 Å². The number of benzene rings is 1. The molecule has 0 bridgehead atoms. The van der Waals surface area contributed by atoms with Gasteiger partial charge < -0.3 is 10.8 Å². The van der Waals surface area contributed by atoms with E-state index in [2.05, 4.69) is 0 Å². The van der Waals surface area contributed by atoms with Crippen molar-refractivity contribution in [2.75, 3.05) is 10.6 Å². The number of hydrogen-bond donors (Lipinski definition) is 2. The molecule has 6 heteroatoms. The van der Waals surface area contributed by atoms with Crippen molar-refractivity contribution in [3.05, 3.63) is 23.8 Å². The minimum Gasteiger partial charge on any atom is -0.478 e. The van der Waals surface area contributed by atoms with Crippen LogP contribution in [0.4, 0.5) is 11.4 Å². The van der Waals surface area contributed by atoms with Crippen molar-refractivity contribution in [2.45, 2.75) is 12.8 Å². The zero-order valence-electron chi connectivity index (χ0n) is 8.84. The lowest BCUT2D eigenvalue weighted by Gasteiger charge is -2.16. The number of aromatic carboxylic acids is 1. The zero-order chi connectivity index (χ0) is 12.6. The molecule has 0 aromatic heterocycles. The van der Waals surface area contributed by atoms with Crippen LogP contribution in [0.2, 0.25) is 0 Å². The second-order valence-corrected chi connectivity index (χ2v) is 3.70. The lowest BCUT2D eigenvalue weighted by Crippen LogP contribution is -2.29. The van der Waals surface area contributed by atoms with Crippen molar-refractivity contribution in [1.82, 2.24) is 0 Å². The van der Waals surface area contributed by atoms with Crippen LogP contribution >= 0.6 is 0 Å². The molecule has 1 aromatic carbocycles. The van der Waals surface area contributed by atoms with E-state index in [0.717, 1.165) is 4.90 Å². The molecule has 0 spiro atoms. The number of amides is 2. The van der Waals surface area contributed by atoms with E-state index in [1.54, 1.807) is 0 Å². The summed E-state index contributed by atoms with van der Waals surface area (Å²) in [6.45, 7) is 0. The van der Waals surface area contributed by atoms with Crippen LogP contribution in [0.25, 0.3) is 0 Å². The fourth-order valence-electron chi connectivity index (χ4n) is 1.74. The summed E-state index contributed by atoms with van der Waals surface area (Å²) >= 11 is 0. The number of carbonyl (C=O) groups excluding carboxylic acids is 2. The highest BCUT2D eigenvalue weighted by Crippen LogP contribution is 2.28. The SMILES string of the molecule is Nc1cc(C(=O)O)ccc1N1C(=O)CCC1=O. The molecule has 88 valence electrons. The third-order valence-electron chi connectivity index (χ3n) is 2.57. The van der Waals surface area contributed by atoms with Crippen molar-refractivity contribution < 1.29 is 19.5 Å². The number of imide groups is 1. The highest BCUT2D eigenvalue weighted by Gasteiger charge is 2.31. The molecule has 1 aliphatic rings. The molecule has 0 saturated carbocycles. The van der Waals surface area contributed by atoms with Gasteiger partial charge in [0.1, 0.15) is 0 Å². The quantitative estimate of drug-likeness (QED) is 0.577. The van der Waals surface area contributed by atoms with Gasteiger partial charge in [0.15, 0.2) is 0 Å². The Bertz CT molecular complexity index is 508. The first-order valence-corrected chi connectivity index (χ1v) is 4.99. The standard InChI is InChI=1S/C11H10N2O4/c12-7-5-6(11(16)17)1-2-8(7)13-9(14)3-4-10(13)15/h1-2,5H,3-4,12H2,(H,16,17). The number of rotatable bonds is 2. The van der Waals surface area contributed by atoms with Gasteiger partial charge in [0, 0.05) is 12.8 Å². The number of anilines is 2. The summed E-state index contributed by atoms with van der Waals surface area (Å²) in [5, 5.41) is 8.77. The Labute approximate surface area is 96.6 Å². The van der Waals surface area contributed by atoms with Crippen LogP contribution in [-0.2, 0) is 9.59 Å². The maximum Gasteiger partial charge on any atom is 0.335 e. The first-order valence-electron chi connectivity index (χ1n) is 4.99. The van der Waals surface area contributed by atoms with Gasteiger partial charge >= 0.3 is 5.97 Å². The van der Waals surface area contributed by atoms with E-state index in [9.17, 15) is 14.4 Å². The molecule has 2 rings (SSSR count). The van der Waals surface area contributed by atoms with Gasteiger partial charge in [0.05, 0.1) is 16.9 Å². The maximum absolute atomic E-state index is 11.5. The maximum atomic E-state index is 11.5. The van der Waals surface area contributed by atoms with Crippen LogP contribution < -0.4 is 10.6 Å². The third kappa shape index (κ3) is 1.84. The summed E-state index contributed by atoms with van der Waals surface area (Å²) in [5.41, 5.74) is 6.03. The van der Waals surface area contributed by atoms with Crippen molar-refractivity contribution >= 4 is 29.2 Å². The Balaban J connectivity index is 2.43. The molecule has 1 aliphatic heterocycles. The Kier molecular flexibility index (Phi) is 2.55. The molecule has 17 heavy (non-hydrogen) atoms. The number of carbonyl (C=O) groups is 3. The minimum absolute atomic E-state index is 0.0188. The molecule has 0 aliphatic carbocycles. The van der Waals surface area contributed by atoms with E-state index in [1.807, 2.05) is 0 Å². The molecule has 0 atom stereocenters. The Hall–Kier alpha value is -2.37. The van der Waals surface area contributed by atoms with Gasteiger partial charge in [0.25, 0.3) is 0 Å². The lowest BCUT2D eigenvalue weighted by molar-refractivity contribution is -0.121. The topological polar surface area (TPSA) is 101 Å². The van der Waals surface area contributed by atoms with Crippen LogP contribution in [0.15, 0.2) is 18.2 Å². The van der Waals surface area contributed by atoms with E-state index < -0.39 is 5.97 Å². The third-order valence-corrected chi connectivity index (χ3v) is 2.57. The fraction of sp³-hybridized carbons (Fsp3) is 0.182. The average Bonchev–Trinajstić information content (AvgIpc) is 2.59. The number of carboxylic acid groups (broad SMARTS) is 1. The van der Waals surface area contributed by atoms with Crippen molar-refractivity contribution in [3.8, 4) is 0 Å². The zero-order valence-corrected chi connectivity index (χ0v) is 8.84. The molecule has 1 heterocycles. The Morgan fingerprint density at radius 3 is 2.29 bits per heavy atom. The average molecular weight is 234 g/mol. The number of nitrogen functional groups attached to an aromatic ring is 1. The van der Waals surface area contributed by atoms with E-state index >= 15 is 0 Å². The van der Waals surface area contributed by atoms with Gasteiger partial charge in [-0.3, -0.25) is 9.59 Å². The molecule has 1 aromatic rings. The molecule has 1 fully saturated rings. The van der Waals surface area contributed by atoms with Gasteiger partial charge in [-0.1, -0.05) is 0 Å². The van der Waals surface area contributed by atoms with Crippen LogP contribution in [-0.4, -0.2) is 22.9 Å². The van der Waals surface area contributed by atoms with Crippen LogP contribution in [0.5, 0.6) is 0 Å². The summed E-state index contributed by atoms with van der Waals surface area (Å²) < 4.78 is 0. The summed E-state index contributed by atoms with van der Waals surface area (Å²) in [6, 6.07) is 3.92. The summed E-state index contributed by atoms with van der Waals surface area (Å²) in [5.74, 6) is -1.74. The first-order chi connectivity index (χ1) is 8.00. The van der Waals surface area contributed by atoms with Gasteiger partial charge in [-0.05, 0) is 18.2 Å². The minimum atomic E-state index is -1.11. The van der Waals surface area contributed by atoms with Crippen molar-refractivity contribution in [3.63, 3.8) is 0 Å². The number of carboxylic acids is 1. The molecule has 0 radical (unpaired) electrons. The fourth-order valence-corrected chi connectivity index (χ4v) is 1.74. The molecule has 1 saturated heterocycles. The molecule has 3 N–H and O–H groups in total. The molecular weight excluding hydrogens is 224 g/mol. The first kappa shape index (κ1) is 11.1. The van der Waals surface area contributed by atoms with E-state index in [1.165, 1.54) is 18.2 Å². The van der Waals surface area contributed by atoms with Gasteiger partial charge in [-0.2, -0.15) is 0 Å². The van der Waals surface area contributed by atoms with Crippen LogP contribution in [0.1, 0.15) is 23.2 Å². The largest absolute Gasteiger partial charge is 0.478 e. The van der Waals surface area contributed by atoms with Gasteiger partial charge in [-0.15, -0.1) is 0 Å². The summed E-state index contributed by atoms with van der Waals surface area (Å²) in [6.07, 6.45) is 0.331.